The van der Waals surface area contributed by atoms with Crippen LogP contribution in [0.25, 0.3) is 16.8 Å². The first-order valence-corrected chi connectivity index (χ1v) is 8.87. The molecule has 0 N–H and O–H groups in total. The van der Waals surface area contributed by atoms with Gasteiger partial charge in [-0.25, -0.2) is 0 Å². The standard InChI is InChI=1S/C15H16Si/c1-16(2)14-10-9-12-6-3-5-11-7-4-8-13(14)15(11)12/h3-6,8-10,16H,7H2,1-2H3. The van der Waals surface area contributed by atoms with Gasteiger partial charge in [0.25, 0.3) is 0 Å². The molecule has 0 saturated heterocycles. The molecular weight excluding hydrogens is 208 g/mol. The van der Waals surface area contributed by atoms with Crippen molar-refractivity contribution >= 4 is 30.8 Å². The largest absolute Gasteiger partial charge is 0.0795 e. The number of hydrogen-bond acceptors (Lipinski definition) is 0. The van der Waals surface area contributed by atoms with Crippen molar-refractivity contribution < 1.29 is 0 Å². The van der Waals surface area contributed by atoms with Crippen LogP contribution in [-0.2, 0) is 6.42 Å². The molecule has 1 heteroatoms. The first kappa shape index (κ1) is 9.85. The van der Waals surface area contributed by atoms with E-state index < -0.39 is 8.80 Å². The highest BCUT2D eigenvalue weighted by atomic mass is 28.3. The lowest BCUT2D eigenvalue weighted by Gasteiger charge is -2.18. The van der Waals surface area contributed by atoms with Gasteiger partial charge in [-0.2, -0.15) is 0 Å². The fourth-order valence-corrected chi connectivity index (χ4v) is 4.00. The molecule has 0 aliphatic heterocycles. The smallest absolute Gasteiger partial charge is 0.0655 e. The van der Waals surface area contributed by atoms with Gasteiger partial charge in [0.1, 0.15) is 0 Å². The van der Waals surface area contributed by atoms with E-state index in [1.54, 1.807) is 5.19 Å². The summed E-state index contributed by atoms with van der Waals surface area (Å²) < 4.78 is 0. The van der Waals surface area contributed by atoms with E-state index in [0.29, 0.717) is 0 Å². The van der Waals surface area contributed by atoms with Crippen LogP contribution in [0.3, 0.4) is 0 Å². The molecule has 0 unspecified atom stereocenters. The summed E-state index contributed by atoms with van der Waals surface area (Å²) in [6, 6.07) is 11.3. The van der Waals surface area contributed by atoms with Crippen molar-refractivity contribution in [1.82, 2.24) is 0 Å². The van der Waals surface area contributed by atoms with E-state index in [0.717, 1.165) is 6.42 Å². The molecule has 0 radical (unpaired) electrons. The monoisotopic (exact) mass is 224 g/mol. The summed E-state index contributed by atoms with van der Waals surface area (Å²) in [5.41, 5.74) is 2.99. The van der Waals surface area contributed by atoms with E-state index in [9.17, 15) is 0 Å². The minimum atomic E-state index is -0.731. The van der Waals surface area contributed by atoms with Crippen molar-refractivity contribution in [2.24, 2.45) is 0 Å². The third kappa shape index (κ3) is 1.35. The van der Waals surface area contributed by atoms with Gasteiger partial charge >= 0.3 is 0 Å². The van der Waals surface area contributed by atoms with E-state index in [1.807, 2.05) is 0 Å². The maximum absolute atomic E-state index is 2.41. The van der Waals surface area contributed by atoms with Crippen LogP contribution in [-0.4, -0.2) is 8.80 Å². The van der Waals surface area contributed by atoms with E-state index in [2.05, 4.69) is 55.6 Å². The lowest BCUT2D eigenvalue weighted by molar-refractivity contribution is 1.29. The van der Waals surface area contributed by atoms with Gasteiger partial charge in [0, 0.05) is 0 Å². The summed E-state index contributed by atoms with van der Waals surface area (Å²) >= 11 is 0. The van der Waals surface area contributed by atoms with E-state index in [4.69, 9.17) is 0 Å². The van der Waals surface area contributed by atoms with Crippen LogP contribution >= 0.6 is 0 Å². The van der Waals surface area contributed by atoms with Crippen LogP contribution in [0.1, 0.15) is 11.1 Å². The fraction of sp³-hybridized carbons (Fsp3) is 0.200. The Kier molecular flexibility index (Phi) is 2.22. The maximum atomic E-state index is 2.41. The van der Waals surface area contributed by atoms with Crippen molar-refractivity contribution in [2.45, 2.75) is 19.5 Å². The molecule has 0 saturated carbocycles. The van der Waals surface area contributed by atoms with Gasteiger partial charge in [-0.3, -0.25) is 0 Å². The number of rotatable bonds is 1. The molecule has 2 aromatic rings. The van der Waals surface area contributed by atoms with Crippen LogP contribution in [0.2, 0.25) is 13.1 Å². The first-order chi connectivity index (χ1) is 7.77. The van der Waals surface area contributed by atoms with Crippen LogP contribution in [0, 0.1) is 0 Å². The zero-order chi connectivity index (χ0) is 11.1. The van der Waals surface area contributed by atoms with Gasteiger partial charge in [0.05, 0.1) is 8.80 Å². The summed E-state index contributed by atoms with van der Waals surface area (Å²) in [7, 11) is -0.731. The van der Waals surface area contributed by atoms with Crippen LogP contribution in [0.4, 0.5) is 0 Å². The van der Waals surface area contributed by atoms with Gasteiger partial charge in [0.15, 0.2) is 0 Å². The number of benzene rings is 2. The normalized spacial score (nSPS) is 13.7. The van der Waals surface area contributed by atoms with Crippen molar-refractivity contribution in [1.29, 1.82) is 0 Å². The average Bonchev–Trinajstić information content (AvgIpc) is 2.30. The molecule has 0 fully saturated rings. The second-order valence-corrected chi connectivity index (χ2v) is 7.78. The van der Waals surface area contributed by atoms with Crippen molar-refractivity contribution in [3.63, 3.8) is 0 Å². The second kappa shape index (κ2) is 3.60. The molecule has 0 nitrogen and oxygen atoms in total. The maximum Gasteiger partial charge on any atom is 0.0655 e. The highest BCUT2D eigenvalue weighted by Gasteiger charge is 2.13. The summed E-state index contributed by atoms with van der Waals surface area (Å²) in [5, 5.41) is 4.51. The Hall–Kier alpha value is -1.34. The molecule has 0 bridgehead atoms. The van der Waals surface area contributed by atoms with Crippen molar-refractivity contribution in [3.05, 3.63) is 47.5 Å². The van der Waals surface area contributed by atoms with Gasteiger partial charge in [-0.1, -0.05) is 60.8 Å². The van der Waals surface area contributed by atoms with Crippen molar-refractivity contribution in [3.8, 4) is 0 Å². The predicted octanol–water partition coefficient (Wildman–Crippen LogP) is 3.10. The Morgan fingerprint density at radius 1 is 1.06 bits per heavy atom. The van der Waals surface area contributed by atoms with Crippen LogP contribution in [0.15, 0.2) is 36.4 Å². The Bertz CT molecular complexity index is 579. The van der Waals surface area contributed by atoms with Crippen LogP contribution < -0.4 is 5.19 Å². The predicted molar refractivity (Wildman–Crippen MR) is 75.2 cm³/mol. The Labute approximate surface area is 98.2 Å². The summed E-state index contributed by atoms with van der Waals surface area (Å²) in [4.78, 5) is 0. The molecule has 3 rings (SSSR count). The van der Waals surface area contributed by atoms with E-state index in [-0.39, 0.29) is 0 Å². The van der Waals surface area contributed by atoms with E-state index in [1.165, 1.54) is 21.9 Å². The highest BCUT2D eigenvalue weighted by molar-refractivity contribution is 6.71. The third-order valence-electron chi connectivity index (χ3n) is 3.45. The minimum absolute atomic E-state index is 0.731. The van der Waals surface area contributed by atoms with Gasteiger partial charge < -0.3 is 0 Å². The van der Waals surface area contributed by atoms with Crippen molar-refractivity contribution in [2.75, 3.05) is 0 Å². The quantitative estimate of drug-likeness (QED) is 0.653. The molecule has 0 aromatic heterocycles. The molecule has 0 atom stereocenters. The first-order valence-electron chi connectivity index (χ1n) is 5.98. The topological polar surface area (TPSA) is 0 Å². The highest BCUT2D eigenvalue weighted by Crippen LogP contribution is 2.27. The van der Waals surface area contributed by atoms with Crippen LogP contribution in [0.5, 0.6) is 0 Å². The Morgan fingerprint density at radius 3 is 2.75 bits per heavy atom. The molecule has 16 heavy (non-hydrogen) atoms. The fourth-order valence-electron chi connectivity index (χ4n) is 2.66. The van der Waals surface area contributed by atoms with Gasteiger partial charge in [-0.15, -0.1) is 0 Å². The lowest BCUT2D eigenvalue weighted by atomic mass is 9.93. The Balaban J connectivity index is 2.44. The third-order valence-corrected chi connectivity index (χ3v) is 5.20. The molecule has 1 aliphatic rings. The van der Waals surface area contributed by atoms with E-state index >= 15 is 0 Å². The molecular formula is C15H16Si. The molecule has 2 aromatic carbocycles. The molecule has 0 heterocycles. The zero-order valence-electron chi connectivity index (χ0n) is 9.83. The lowest BCUT2D eigenvalue weighted by Crippen LogP contribution is -2.26. The summed E-state index contributed by atoms with van der Waals surface area (Å²) in [6.07, 6.45) is 5.72. The van der Waals surface area contributed by atoms with Gasteiger partial charge in [0.2, 0.25) is 0 Å². The Morgan fingerprint density at radius 2 is 1.94 bits per heavy atom. The second-order valence-electron chi connectivity index (χ2n) is 4.84. The minimum Gasteiger partial charge on any atom is -0.0795 e. The number of hydrogen-bond donors (Lipinski definition) is 0. The van der Waals surface area contributed by atoms with Gasteiger partial charge in [-0.05, 0) is 28.3 Å². The molecule has 0 spiro atoms. The SMILES string of the molecule is C[SiH](C)c1ccc2cccc3c2c1C=CC3. The number of allylic oxidation sites excluding steroid dienone is 1. The summed E-state index contributed by atoms with van der Waals surface area (Å²) in [5.74, 6) is 0. The average molecular weight is 224 g/mol. The summed E-state index contributed by atoms with van der Waals surface area (Å²) in [6.45, 7) is 4.81. The molecule has 80 valence electrons. The molecule has 0 amide bonds. The molecule has 1 aliphatic carbocycles. The zero-order valence-corrected chi connectivity index (χ0v) is 11.0.